The largest absolute Gasteiger partial charge is 0.480 e. The molecule has 0 radical (unpaired) electrons. The predicted molar refractivity (Wildman–Crippen MR) is 199 cm³/mol. The summed E-state index contributed by atoms with van der Waals surface area (Å²) >= 11 is 0. The molecular formula is C33H53BN6O12P2. The van der Waals surface area contributed by atoms with Crippen LogP contribution in [0.5, 0.6) is 0 Å². The molecule has 3 rings (SSSR count). The average Bonchev–Trinajstić information content (AvgIpc) is 3.11. The molecule has 54 heavy (non-hydrogen) atoms. The summed E-state index contributed by atoms with van der Waals surface area (Å²) in [5.74, 6) is -1.20. The smallest absolute Gasteiger partial charge is 0.448 e. The van der Waals surface area contributed by atoms with Gasteiger partial charge >= 0.3 is 28.4 Å². The lowest BCUT2D eigenvalue weighted by Gasteiger charge is -2.29. The van der Waals surface area contributed by atoms with Crippen LogP contribution >= 0.6 is 15.2 Å². The van der Waals surface area contributed by atoms with Gasteiger partial charge in [-0.2, -0.15) is 0 Å². The molecule has 1 saturated heterocycles. The van der Waals surface area contributed by atoms with Crippen molar-refractivity contribution in [3.05, 3.63) is 60.2 Å². The van der Waals surface area contributed by atoms with Crippen molar-refractivity contribution < 1.29 is 57.1 Å². The van der Waals surface area contributed by atoms with Gasteiger partial charge in [0.15, 0.2) is 0 Å². The number of amides is 3. The van der Waals surface area contributed by atoms with E-state index >= 15 is 0 Å². The lowest BCUT2D eigenvalue weighted by molar-refractivity contribution is -0.123. The quantitative estimate of drug-likeness (QED) is 0.101. The van der Waals surface area contributed by atoms with Gasteiger partial charge in [-0.15, -0.1) is 0 Å². The first-order valence-electron chi connectivity index (χ1n) is 18.0. The second kappa shape index (κ2) is 23.0. The summed E-state index contributed by atoms with van der Waals surface area (Å²) in [6, 6.07) is 8.49. The molecule has 7 N–H and O–H groups in total. The molecule has 21 heteroatoms. The highest BCUT2D eigenvalue weighted by Crippen LogP contribution is 2.58. The summed E-state index contributed by atoms with van der Waals surface area (Å²) in [5.41, 5.74) is -1.72. The topological polar surface area (TPSA) is 259 Å². The van der Waals surface area contributed by atoms with Crippen LogP contribution in [0.15, 0.2) is 48.9 Å². The van der Waals surface area contributed by atoms with Crippen molar-refractivity contribution in [3.63, 3.8) is 0 Å². The van der Waals surface area contributed by atoms with Gasteiger partial charge < -0.3 is 44.3 Å². The van der Waals surface area contributed by atoms with E-state index in [0.29, 0.717) is 52.1 Å². The summed E-state index contributed by atoms with van der Waals surface area (Å²) in [6.45, 7) is 6.33. The van der Waals surface area contributed by atoms with E-state index in [1.807, 2.05) is 44.2 Å². The molecule has 1 aromatic carbocycles. The standard InChI is InChI=1S/C33H53BN6O12P2/c1-25(2)22-29(38-30(41)27(23-26-12-6-3-7-13-26)37-31(42)28-24-35-14-15-36-28)34-51-19-10-4-8-16-40(17-9-5-11-20-52-34)18-21-50-32(43)39-33(53(44,45)46)54(47,48)49/h3,6-7,12-15,24-25,27,29,33H,4-5,8-11,16-23H2,1-2H3,(H,37,42)(H,38,41)(H,39,43)(H2,44,45,46)(H2,47,48,49)/t27-,29-/m1/s1. The van der Waals surface area contributed by atoms with Crippen LogP contribution in [0.2, 0.25) is 0 Å². The number of benzene rings is 1. The molecule has 2 atom stereocenters. The normalized spacial score (nSPS) is 16.9. The zero-order valence-corrected chi connectivity index (χ0v) is 32.5. The minimum absolute atomic E-state index is 0.0958. The SMILES string of the molecule is CC(C)C[C@@H](NC(=O)[C@@H](Cc1ccccc1)NC(=O)c1cnccn1)B1OCCCCCN(CCOC(=O)NC(P(=O)(O)O)P(=O)(O)O)CCCCCO1. The van der Waals surface area contributed by atoms with Crippen molar-refractivity contribution in [3.8, 4) is 0 Å². The molecule has 1 fully saturated rings. The Labute approximate surface area is 316 Å². The fourth-order valence-electron chi connectivity index (χ4n) is 5.76. The number of aromatic nitrogens is 2. The molecule has 300 valence electrons. The molecule has 1 aromatic heterocycles. The Morgan fingerprint density at radius 1 is 0.889 bits per heavy atom. The second-order valence-electron chi connectivity index (χ2n) is 13.5. The highest BCUT2D eigenvalue weighted by molar-refractivity contribution is 7.70. The maximum atomic E-state index is 13.9. The summed E-state index contributed by atoms with van der Waals surface area (Å²) in [7, 11) is -11.4. The Morgan fingerprint density at radius 3 is 2.07 bits per heavy atom. The number of ether oxygens (including phenoxy) is 1. The third-order valence-corrected chi connectivity index (χ3v) is 11.7. The summed E-state index contributed by atoms with van der Waals surface area (Å²) in [6.07, 6.45) is 8.27. The summed E-state index contributed by atoms with van der Waals surface area (Å²) in [4.78, 5) is 85.9. The highest BCUT2D eigenvalue weighted by atomic mass is 31.2. The molecule has 3 amide bonds. The van der Waals surface area contributed by atoms with Crippen LogP contribution in [0.3, 0.4) is 0 Å². The maximum absolute atomic E-state index is 13.9. The number of nitrogens with one attached hydrogen (secondary N) is 3. The lowest BCUT2D eigenvalue weighted by atomic mass is 9.73. The molecule has 0 unspecified atom stereocenters. The Bertz CT molecular complexity index is 1500. The maximum Gasteiger partial charge on any atom is 0.480 e. The molecule has 0 saturated carbocycles. The predicted octanol–water partition coefficient (Wildman–Crippen LogP) is 2.43. The van der Waals surface area contributed by atoms with Gasteiger partial charge in [-0.3, -0.25) is 33.9 Å². The van der Waals surface area contributed by atoms with Gasteiger partial charge in [0.1, 0.15) is 18.3 Å². The number of hydrogen-bond acceptors (Lipinski definition) is 11. The van der Waals surface area contributed by atoms with Crippen LogP contribution in [-0.2, 0) is 34.4 Å². The van der Waals surface area contributed by atoms with Gasteiger partial charge in [-0.1, -0.05) is 44.2 Å². The van der Waals surface area contributed by atoms with E-state index < -0.39 is 51.8 Å². The van der Waals surface area contributed by atoms with Crippen LogP contribution < -0.4 is 16.0 Å². The van der Waals surface area contributed by atoms with Gasteiger partial charge in [0.2, 0.25) is 11.4 Å². The average molecular weight is 799 g/mol. The van der Waals surface area contributed by atoms with Crippen molar-refractivity contribution >= 4 is 40.2 Å². The van der Waals surface area contributed by atoms with E-state index in [1.54, 1.807) is 5.32 Å². The molecule has 2 aromatic rings. The minimum atomic E-state index is -5.34. The molecule has 1 aliphatic heterocycles. The number of hydrogen-bond donors (Lipinski definition) is 7. The lowest BCUT2D eigenvalue weighted by Crippen LogP contribution is -2.56. The van der Waals surface area contributed by atoms with Crippen molar-refractivity contribution in [2.45, 2.75) is 82.7 Å². The molecule has 0 aliphatic carbocycles. The van der Waals surface area contributed by atoms with E-state index in [2.05, 4.69) is 25.5 Å². The van der Waals surface area contributed by atoms with E-state index in [1.165, 1.54) is 18.6 Å². The molecular weight excluding hydrogens is 745 g/mol. The van der Waals surface area contributed by atoms with Crippen LogP contribution in [0.25, 0.3) is 0 Å². The number of carbonyl (C=O) groups excluding carboxylic acids is 3. The van der Waals surface area contributed by atoms with Crippen molar-refractivity contribution in [2.24, 2.45) is 5.92 Å². The van der Waals surface area contributed by atoms with Gasteiger partial charge in [0, 0.05) is 38.6 Å². The van der Waals surface area contributed by atoms with E-state index in [9.17, 15) is 43.1 Å². The third kappa shape index (κ3) is 17.0. The van der Waals surface area contributed by atoms with E-state index in [0.717, 1.165) is 31.2 Å². The van der Waals surface area contributed by atoms with Crippen LogP contribution in [0, 0.1) is 5.92 Å². The minimum Gasteiger partial charge on any atom is -0.448 e. The monoisotopic (exact) mass is 798 g/mol. The van der Waals surface area contributed by atoms with Crippen molar-refractivity contribution in [2.75, 3.05) is 39.5 Å². The van der Waals surface area contributed by atoms with E-state index in [4.69, 9.17) is 14.0 Å². The first-order chi connectivity index (χ1) is 25.6. The molecule has 1 aliphatic rings. The Kier molecular flexibility index (Phi) is 19.2. The Hall–Kier alpha value is -3.25. The zero-order chi connectivity index (χ0) is 39.6. The first-order valence-corrected chi connectivity index (χ1v) is 21.4. The van der Waals surface area contributed by atoms with Crippen LogP contribution in [0.4, 0.5) is 4.79 Å². The number of carbonyl (C=O) groups is 3. The fourth-order valence-corrected chi connectivity index (χ4v) is 7.87. The number of nitrogens with zero attached hydrogens (tertiary/aromatic N) is 3. The number of alkyl carbamates (subject to hydrolysis) is 1. The second-order valence-corrected chi connectivity index (χ2v) is 17.3. The Balaban J connectivity index is 1.58. The third-order valence-electron chi connectivity index (χ3n) is 8.41. The molecule has 2 heterocycles. The van der Waals surface area contributed by atoms with Crippen LogP contribution in [-0.4, -0.2) is 116 Å². The van der Waals surface area contributed by atoms with Gasteiger partial charge in [0.25, 0.3) is 5.91 Å². The van der Waals surface area contributed by atoms with Gasteiger partial charge in [-0.05, 0) is 69.5 Å². The van der Waals surface area contributed by atoms with Gasteiger partial charge in [0.05, 0.1) is 12.1 Å². The van der Waals surface area contributed by atoms with Gasteiger partial charge in [-0.25, -0.2) is 9.78 Å². The molecule has 18 nitrogen and oxygen atoms in total. The fraction of sp³-hybridized carbons (Fsp3) is 0.606. The van der Waals surface area contributed by atoms with E-state index in [-0.39, 0.29) is 30.5 Å². The summed E-state index contributed by atoms with van der Waals surface area (Å²) < 4.78 is 40.4. The van der Waals surface area contributed by atoms with Crippen molar-refractivity contribution in [1.82, 2.24) is 30.8 Å². The zero-order valence-electron chi connectivity index (χ0n) is 30.7. The molecule has 0 bridgehead atoms. The Morgan fingerprint density at radius 2 is 1.52 bits per heavy atom. The molecule has 0 spiro atoms. The van der Waals surface area contributed by atoms with Crippen LogP contribution in [0.1, 0.15) is 74.8 Å². The number of rotatable bonds is 15. The highest BCUT2D eigenvalue weighted by Gasteiger charge is 2.45. The first kappa shape index (κ1) is 45.1. The van der Waals surface area contributed by atoms with Crippen molar-refractivity contribution in [1.29, 1.82) is 0 Å². The summed E-state index contributed by atoms with van der Waals surface area (Å²) in [5, 5.41) is 7.54.